The lowest BCUT2D eigenvalue weighted by Gasteiger charge is -2.16. The molecular formula is C22H22BrN3OS. The predicted octanol–water partition coefficient (Wildman–Crippen LogP) is 5.22. The molecule has 28 heavy (non-hydrogen) atoms. The highest BCUT2D eigenvalue weighted by Crippen LogP contribution is 2.23. The van der Waals surface area contributed by atoms with Crippen LogP contribution in [0.25, 0.3) is 11.3 Å². The van der Waals surface area contributed by atoms with Gasteiger partial charge < -0.3 is 9.47 Å². The van der Waals surface area contributed by atoms with Crippen LogP contribution in [-0.4, -0.2) is 28.5 Å². The number of hydrogen-bond acceptors (Lipinski definition) is 3. The van der Waals surface area contributed by atoms with Crippen LogP contribution in [0.5, 0.6) is 0 Å². The van der Waals surface area contributed by atoms with Gasteiger partial charge in [0.1, 0.15) is 0 Å². The molecule has 0 atom stereocenters. The number of carbonyl (C=O) groups excluding carboxylic acids is 1. The Morgan fingerprint density at radius 2 is 1.82 bits per heavy atom. The van der Waals surface area contributed by atoms with E-state index in [-0.39, 0.29) is 5.91 Å². The first-order valence-electron chi connectivity index (χ1n) is 9.52. The van der Waals surface area contributed by atoms with Crippen LogP contribution in [0.3, 0.4) is 0 Å². The fourth-order valence-electron chi connectivity index (χ4n) is 3.46. The summed E-state index contributed by atoms with van der Waals surface area (Å²) in [6.45, 7) is 2.55. The first-order chi connectivity index (χ1) is 13.7. The average Bonchev–Trinajstić information content (AvgIpc) is 3.30. The highest BCUT2D eigenvalue weighted by Gasteiger charge is 2.19. The molecule has 1 amide bonds. The molecule has 1 aliphatic rings. The van der Waals surface area contributed by atoms with Gasteiger partial charge in [-0.2, -0.15) is 0 Å². The first-order valence-corrected chi connectivity index (χ1v) is 11.2. The lowest BCUT2D eigenvalue weighted by molar-refractivity contribution is -0.127. The van der Waals surface area contributed by atoms with E-state index in [0.29, 0.717) is 6.42 Å². The Balaban J connectivity index is 1.63. The number of thiazole rings is 1. The maximum absolute atomic E-state index is 11.9. The van der Waals surface area contributed by atoms with Crippen molar-refractivity contribution in [2.45, 2.75) is 25.8 Å². The molecule has 144 valence electrons. The van der Waals surface area contributed by atoms with E-state index in [1.54, 1.807) is 11.3 Å². The van der Waals surface area contributed by atoms with E-state index in [4.69, 9.17) is 4.99 Å². The molecule has 6 heteroatoms. The summed E-state index contributed by atoms with van der Waals surface area (Å²) in [5.41, 5.74) is 3.29. The van der Waals surface area contributed by atoms with Gasteiger partial charge in [0.05, 0.1) is 11.4 Å². The van der Waals surface area contributed by atoms with Gasteiger partial charge in [-0.15, -0.1) is 11.3 Å². The SMILES string of the molecule is O=C1CCCN1CCCn1c(-c2ccc(Br)cc2)csc1=Nc1ccccc1. The van der Waals surface area contributed by atoms with Crippen molar-refractivity contribution >= 4 is 38.9 Å². The Kier molecular flexibility index (Phi) is 6.07. The molecule has 0 saturated carbocycles. The highest BCUT2D eigenvalue weighted by molar-refractivity contribution is 9.10. The van der Waals surface area contributed by atoms with E-state index in [1.807, 2.05) is 35.2 Å². The van der Waals surface area contributed by atoms with Crippen molar-refractivity contribution in [2.24, 2.45) is 4.99 Å². The van der Waals surface area contributed by atoms with E-state index in [0.717, 1.165) is 47.4 Å². The Labute approximate surface area is 177 Å². The topological polar surface area (TPSA) is 37.6 Å². The minimum atomic E-state index is 0.289. The van der Waals surface area contributed by atoms with Gasteiger partial charge in [-0.1, -0.05) is 46.3 Å². The molecule has 0 unspecified atom stereocenters. The fraction of sp³-hybridized carbons (Fsp3) is 0.273. The Hall–Kier alpha value is -2.18. The highest BCUT2D eigenvalue weighted by atomic mass is 79.9. The normalized spacial score (nSPS) is 14.8. The van der Waals surface area contributed by atoms with Crippen LogP contribution in [0.4, 0.5) is 5.69 Å². The maximum Gasteiger partial charge on any atom is 0.222 e. The quantitative estimate of drug-likeness (QED) is 0.501. The summed E-state index contributed by atoms with van der Waals surface area (Å²) in [5, 5.41) is 2.17. The van der Waals surface area contributed by atoms with Crippen LogP contribution in [0.2, 0.25) is 0 Å². The van der Waals surface area contributed by atoms with Crippen LogP contribution in [-0.2, 0) is 11.3 Å². The van der Waals surface area contributed by atoms with E-state index in [9.17, 15) is 4.79 Å². The molecule has 1 fully saturated rings. The average molecular weight is 456 g/mol. The summed E-state index contributed by atoms with van der Waals surface area (Å²) in [7, 11) is 0. The van der Waals surface area contributed by atoms with Crippen LogP contribution in [0.15, 0.2) is 69.4 Å². The van der Waals surface area contributed by atoms with Gasteiger partial charge in [-0.05, 0) is 42.7 Å². The smallest absolute Gasteiger partial charge is 0.222 e. The molecule has 1 aromatic heterocycles. The monoisotopic (exact) mass is 455 g/mol. The number of hydrogen-bond donors (Lipinski definition) is 0. The van der Waals surface area contributed by atoms with E-state index < -0.39 is 0 Å². The zero-order valence-corrected chi connectivity index (χ0v) is 18.0. The third-order valence-corrected chi connectivity index (χ3v) is 6.29. The van der Waals surface area contributed by atoms with Gasteiger partial charge in [-0.3, -0.25) is 4.79 Å². The van der Waals surface area contributed by atoms with Gasteiger partial charge in [0.15, 0.2) is 4.80 Å². The summed E-state index contributed by atoms with van der Waals surface area (Å²) in [6.07, 6.45) is 2.61. The number of nitrogens with zero attached hydrogens (tertiary/aromatic N) is 3. The van der Waals surface area contributed by atoms with E-state index >= 15 is 0 Å². The number of likely N-dealkylation sites (tertiary alicyclic amines) is 1. The second kappa shape index (κ2) is 8.88. The van der Waals surface area contributed by atoms with Crippen molar-refractivity contribution in [1.82, 2.24) is 9.47 Å². The zero-order valence-electron chi connectivity index (χ0n) is 15.6. The molecule has 0 spiro atoms. The summed E-state index contributed by atoms with van der Waals surface area (Å²) in [4.78, 5) is 19.7. The molecule has 0 N–H and O–H groups in total. The predicted molar refractivity (Wildman–Crippen MR) is 118 cm³/mol. The molecular weight excluding hydrogens is 434 g/mol. The van der Waals surface area contributed by atoms with Crippen LogP contribution in [0, 0.1) is 0 Å². The maximum atomic E-state index is 11.9. The van der Waals surface area contributed by atoms with Gasteiger partial charge in [-0.25, -0.2) is 4.99 Å². The summed E-state index contributed by atoms with van der Waals surface area (Å²) in [5.74, 6) is 0.289. The third kappa shape index (κ3) is 4.45. The van der Waals surface area contributed by atoms with Gasteiger partial charge in [0, 0.05) is 35.9 Å². The molecule has 1 aliphatic heterocycles. The first kappa shape index (κ1) is 19.2. The summed E-state index contributed by atoms with van der Waals surface area (Å²) < 4.78 is 3.35. The van der Waals surface area contributed by atoms with E-state index in [2.05, 4.69) is 50.1 Å². The Morgan fingerprint density at radius 3 is 2.54 bits per heavy atom. The van der Waals surface area contributed by atoms with Crippen molar-refractivity contribution in [2.75, 3.05) is 13.1 Å². The molecule has 2 aromatic carbocycles. The molecule has 4 rings (SSSR count). The number of amides is 1. The molecule has 0 bridgehead atoms. The van der Waals surface area contributed by atoms with Crippen LogP contribution >= 0.6 is 27.3 Å². The lowest BCUT2D eigenvalue weighted by Crippen LogP contribution is -2.27. The lowest BCUT2D eigenvalue weighted by atomic mass is 10.2. The molecule has 0 radical (unpaired) electrons. The Morgan fingerprint density at radius 1 is 1.04 bits per heavy atom. The standard InChI is InChI=1S/C22H22BrN3OS/c23-18-11-9-17(10-12-18)20-16-28-22(24-19-6-2-1-3-7-19)26(20)15-5-14-25-13-4-8-21(25)27/h1-3,6-7,9-12,16H,4-5,8,13-15H2. The number of halogens is 1. The third-order valence-electron chi connectivity index (χ3n) is 4.90. The van der Waals surface area contributed by atoms with Gasteiger partial charge >= 0.3 is 0 Å². The van der Waals surface area contributed by atoms with Gasteiger partial charge in [0.2, 0.25) is 5.91 Å². The number of benzene rings is 2. The second-order valence-corrected chi connectivity index (χ2v) is 8.60. The van der Waals surface area contributed by atoms with Crippen molar-refractivity contribution in [1.29, 1.82) is 0 Å². The molecule has 3 aromatic rings. The number of para-hydroxylation sites is 1. The minimum Gasteiger partial charge on any atom is -0.343 e. The number of carbonyl (C=O) groups is 1. The van der Waals surface area contributed by atoms with E-state index in [1.165, 1.54) is 11.3 Å². The fourth-order valence-corrected chi connectivity index (χ4v) is 4.68. The van der Waals surface area contributed by atoms with Crippen molar-refractivity contribution in [3.63, 3.8) is 0 Å². The van der Waals surface area contributed by atoms with Crippen molar-refractivity contribution in [3.8, 4) is 11.3 Å². The Bertz CT molecular complexity index is 1010. The zero-order chi connectivity index (χ0) is 19.3. The summed E-state index contributed by atoms with van der Waals surface area (Å²) in [6, 6.07) is 18.4. The van der Waals surface area contributed by atoms with Crippen LogP contribution < -0.4 is 4.80 Å². The molecule has 1 saturated heterocycles. The van der Waals surface area contributed by atoms with Gasteiger partial charge in [0.25, 0.3) is 0 Å². The number of rotatable bonds is 6. The largest absolute Gasteiger partial charge is 0.343 e. The summed E-state index contributed by atoms with van der Waals surface area (Å²) >= 11 is 5.17. The molecule has 4 nitrogen and oxygen atoms in total. The minimum absolute atomic E-state index is 0.289. The van der Waals surface area contributed by atoms with Crippen LogP contribution in [0.1, 0.15) is 19.3 Å². The molecule has 0 aliphatic carbocycles. The number of aromatic nitrogens is 1. The van der Waals surface area contributed by atoms with Crippen molar-refractivity contribution in [3.05, 3.63) is 69.3 Å². The second-order valence-electron chi connectivity index (χ2n) is 6.85. The van der Waals surface area contributed by atoms with Crippen molar-refractivity contribution < 1.29 is 4.79 Å². The molecule has 2 heterocycles.